The van der Waals surface area contributed by atoms with Gasteiger partial charge in [0.25, 0.3) is 0 Å². The Bertz CT molecular complexity index is 609. The largest absolute Gasteiger partial charge is 0.256 e. The SMILES string of the molecule is CC1(C)CC(C)(C)c2cc(-c3ccccc3)ncc21. The normalized spacial score (nSPS) is 19.2. The molecule has 0 saturated heterocycles. The second-order valence-electron chi connectivity index (χ2n) is 6.93. The zero-order valence-electron chi connectivity index (χ0n) is 12.2. The molecule has 1 aromatic heterocycles. The molecule has 0 spiro atoms. The topological polar surface area (TPSA) is 12.9 Å². The monoisotopic (exact) mass is 251 g/mol. The molecule has 0 aliphatic heterocycles. The Morgan fingerprint density at radius 2 is 1.53 bits per heavy atom. The van der Waals surface area contributed by atoms with Gasteiger partial charge >= 0.3 is 0 Å². The van der Waals surface area contributed by atoms with Crippen molar-refractivity contribution in [1.82, 2.24) is 4.98 Å². The number of aromatic nitrogens is 1. The molecule has 0 atom stereocenters. The summed E-state index contributed by atoms with van der Waals surface area (Å²) in [5.41, 5.74) is 5.64. The smallest absolute Gasteiger partial charge is 0.0705 e. The predicted molar refractivity (Wildman–Crippen MR) is 80.3 cm³/mol. The van der Waals surface area contributed by atoms with Crippen LogP contribution in [-0.2, 0) is 10.8 Å². The lowest BCUT2D eigenvalue weighted by molar-refractivity contribution is 0.403. The number of nitrogens with zero attached hydrogens (tertiary/aromatic N) is 1. The molecule has 0 bridgehead atoms. The van der Waals surface area contributed by atoms with E-state index in [2.05, 4.69) is 69.2 Å². The molecule has 1 aliphatic rings. The average Bonchev–Trinajstić information content (AvgIpc) is 2.56. The van der Waals surface area contributed by atoms with E-state index in [0.717, 1.165) is 5.69 Å². The van der Waals surface area contributed by atoms with Crippen LogP contribution in [0.4, 0.5) is 0 Å². The summed E-state index contributed by atoms with van der Waals surface area (Å²) in [6, 6.07) is 12.7. The number of rotatable bonds is 1. The van der Waals surface area contributed by atoms with Gasteiger partial charge in [-0.05, 0) is 34.4 Å². The minimum atomic E-state index is 0.237. The Hall–Kier alpha value is -1.63. The molecule has 1 heterocycles. The third kappa shape index (κ3) is 1.98. The highest BCUT2D eigenvalue weighted by Crippen LogP contribution is 2.49. The summed E-state index contributed by atoms with van der Waals surface area (Å²) >= 11 is 0. The van der Waals surface area contributed by atoms with E-state index in [1.54, 1.807) is 0 Å². The lowest BCUT2D eigenvalue weighted by atomic mass is 9.82. The fourth-order valence-corrected chi connectivity index (χ4v) is 3.62. The van der Waals surface area contributed by atoms with E-state index < -0.39 is 0 Å². The van der Waals surface area contributed by atoms with Crippen LogP contribution in [0.3, 0.4) is 0 Å². The van der Waals surface area contributed by atoms with Crippen molar-refractivity contribution >= 4 is 0 Å². The second-order valence-corrected chi connectivity index (χ2v) is 6.93. The first kappa shape index (κ1) is 12.4. The summed E-state index contributed by atoms with van der Waals surface area (Å²) in [4.78, 5) is 4.68. The minimum absolute atomic E-state index is 0.237. The van der Waals surface area contributed by atoms with Crippen LogP contribution in [0.5, 0.6) is 0 Å². The summed E-state index contributed by atoms with van der Waals surface area (Å²) in [5.74, 6) is 0. The van der Waals surface area contributed by atoms with Crippen molar-refractivity contribution in [3.05, 3.63) is 53.7 Å². The standard InChI is InChI=1S/C18H21N/c1-17(2)12-18(3,4)15-11-19-16(10-14(15)17)13-8-6-5-7-9-13/h5-11H,12H2,1-4H3. The van der Waals surface area contributed by atoms with E-state index in [-0.39, 0.29) is 10.8 Å². The maximum absolute atomic E-state index is 4.68. The molecule has 1 nitrogen and oxygen atoms in total. The molecule has 0 radical (unpaired) electrons. The first-order chi connectivity index (χ1) is 8.90. The van der Waals surface area contributed by atoms with Gasteiger partial charge in [0.05, 0.1) is 5.69 Å². The molecule has 19 heavy (non-hydrogen) atoms. The average molecular weight is 251 g/mol. The van der Waals surface area contributed by atoms with Gasteiger partial charge in [0.1, 0.15) is 0 Å². The van der Waals surface area contributed by atoms with Crippen molar-refractivity contribution in [2.24, 2.45) is 0 Å². The fraction of sp³-hybridized carbons (Fsp3) is 0.389. The van der Waals surface area contributed by atoms with Gasteiger partial charge in [0.15, 0.2) is 0 Å². The molecular formula is C18H21N. The van der Waals surface area contributed by atoms with Crippen molar-refractivity contribution in [3.8, 4) is 11.3 Å². The summed E-state index contributed by atoms with van der Waals surface area (Å²) in [7, 11) is 0. The molecule has 1 heteroatoms. The molecule has 0 fully saturated rings. The van der Waals surface area contributed by atoms with Gasteiger partial charge in [-0.1, -0.05) is 58.0 Å². The fourth-order valence-electron chi connectivity index (χ4n) is 3.62. The van der Waals surface area contributed by atoms with Crippen LogP contribution in [0.15, 0.2) is 42.6 Å². The molecule has 0 N–H and O–H groups in total. The summed E-state index contributed by atoms with van der Waals surface area (Å²) in [6.07, 6.45) is 3.28. The van der Waals surface area contributed by atoms with Crippen molar-refractivity contribution in [3.63, 3.8) is 0 Å². The molecule has 0 amide bonds. The Kier molecular flexibility index (Phi) is 2.57. The van der Waals surface area contributed by atoms with Crippen molar-refractivity contribution < 1.29 is 0 Å². The van der Waals surface area contributed by atoms with Crippen LogP contribution in [0.2, 0.25) is 0 Å². The maximum atomic E-state index is 4.68. The summed E-state index contributed by atoms with van der Waals surface area (Å²) in [5, 5.41) is 0. The van der Waals surface area contributed by atoms with Crippen molar-refractivity contribution in [2.45, 2.75) is 44.9 Å². The van der Waals surface area contributed by atoms with Crippen molar-refractivity contribution in [1.29, 1.82) is 0 Å². The van der Waals surface area contributed by atoms with Gasteiger partial charge in [-0.15, -0.1) is 0 Å². The zero-order valence-corrected chi connectivity index (χ0v) is 12.2. The lowest BCUT2D eigenvalue weighted by Crippen LogP contribution is -2.17. The number of hydrogen-bond donors (Lipinski definition) is 0. The molecule has 3 rings (SSSR count). The molecule has 1 aliphatic carbocycles. The minimum Gasteiger partial charge on any atom is -0.256 e. The maximum Gasteiger partial charge on any atom is 0.0705 e. The van der Waals surface area contributed by atoms with E-state index >= 15 is 0 Å². The van der Waals surface area contributed by atoms with Gasteiger partial charge in [0.2, 0.25) is 0 Å². The molecule has 98 valence electrons. The molecule has 0 saturated carbocycles. The van der Waals surface area contributed by atoms with Crippen LogP contribution in [0.25, 0.3) is 11.3 Å². The van der Waals surface area contributed by atoms with Gasteiger partial charge in [-0.2, -0.15) is 0 Å². The van der Waals surface area contributed by atoms with Crippen LogP contribution in [0.1, 0.15) is 45.2 Å². The highest BCUT2D eigenvalue weighted by atomic mass is 14.7. The molecule has 2 aromatic rings. The summed E-state index contributed by atoms with van der Waals surface area (Å²) in [6.45, 7) is 9.33. The van der Waals surface area contributed by atoms with Crippen molar-refractivity contribution in [2.75, 3.05) is 0 Å². The van der Waals surface area contributed by atoms with Crippen LogP contribution >= 0.6 is 0 Å². The Morgan fingerprint density at radius 1 is 0.895 bits per heavy atom. The third-order valence-corrected chi connectivity index (χ3v) is 4.32. The van der Waals surface area contributed by atoms with E-state index in [0.29, 0.717) is 0 Å². The first-order valence-electron chi connectivity index (χ1n) is 6.97. The second kappa shape index (κ2) is 3.93. The number of fused-ring (bicyclic) bond motifs is 1. The number of pyridine rings is 1. The first-order valence-corrected chi connectivity index (χ1v) is 6.97. The van der Waals surface area contributed by atoms with E-state index in [1.807, 2.05) is 6.07 Å². The molecule has 0 unspecified atom stereocenters. The Labute approximate surface area is 115 Å². The third-order valence-electron chi connectivity index (χ3n) is 4.32. The number of benzene rings is 1. The van der Waals surface area contributed by atoms with Crippen LogP contribution in [0, 0.1) is 0 Å². The Morgan fingerprint density at radius 3 is 2.21 bits per heavy atom. The van der Waals surface area contributed by atoms with E-state index in [1.165, 1.54) is 23.1 Å². The van der Waals surface area contributed by atoms with Crippen LogP contribution in [-0.4, -0.2) is 4.98 Å². The van der Waals surface area contributed by atoms with Gasteiger partial charge in [0, 0.05) is 11.8 Å². The Balaban J connectivity index is 2.16. The van der Waals surface area contributed by atoms with Gasteiger partial charge < -0.3 is 0 Å². The van der Waals surface area contributed by atoms with E-state index in [9.17, 15) is 0 Å². The van der Waals surface area contributed by atoms with Gasteiger partial charge in [-0.25, -0.2) is 0 Å². The zero-order chi connectivity index (χ0) is 13.7. The predicted octanol–water partition coefficient (Wildman–Crippen LogP) is 4.71. The molecule has 1 aromatic carbocycles. The quantitative estimate of drug-likeness (QED) is 0.715. The highest BCUT2D eigenvalue weighted by molar-refractivity contribution is 5.62. The lowest BCUT2D eigenvalue weighted by Gasteiger charge is -2.22. The van der Waals surface area contributed by atoms with Crippen LogP contribution < -0.4 is 0 Å². The number of hydrogen-bond acceptors (Lipinski definition) is 1. The highest BCUT2D eigenvalue weighted by Gasteiger charge is 2.42. The van der Waals surface area contributed by atoms with E-state index in [4.69, 9.17) is 0 Å². The molecular weight excluding hydrogens is 230 g/mol. The van der Waals surface area contributed by atoms with Gasteiger partial charge in [-0.3, -0.25) is 4.98 Å². The summed E-state index contributed by atoms with van der Waals surface area (Å²) < 4.78 is 0.